The van der Waals surface area contributed by atoms with Crippen molar-refractivity contribution in [3.05, 3.63) is 108 Å². The van der Waals surface area contributed by atoms with E-state index < -0.39 is 0 Å². The smallest absolute Gasteiger partial charge is 0.109 e. The van der Waals surface area contributed by atoms with Gasteiger partial charge in [0.25, 0.3) is 0 Å². The van der Waals surface area contributed by atoms with E-state index in [0.717, 1.165) is 29.0 Å². The van der Waals surface area contributed by atoms with E-state index >= 15 is 0 Å². The quantitative estimate of drug-likeness (QED) is 0.268. The molecule has 0 saturated carbocycles. The van der Waals surface area contributed by atoms with Crippen LogP contribution in [0.5, 0.6) is 0 Å². The Kier molecular flexibility index (Phi) is 14.2. The van der Waals surface area contributed by atoms with Gasteiger partial charge in [0.15, 0.2) is 0 Å². The Morgan fingerprint density at radius 2 is 1.20 bits per heavy atom. The van der Waals surface area contributed by atoms with Crippen LogP contribution in [0.3, 0.4) is 0 Å². The minimum Gasteiger partial charge on any atom is -0.342 e. The molecule has 1 aliphatic heterocycles. The van der Waals surface area contributed by atoms with E-state index in [9.17, 15) is 0 Å². The summed E-state index contributed by atoms with van der Waals surface area (Å²) in [6, 6.07) is 23.0. The number of aliphatic imine (C=N–C) groups is 1. The van der Waals surface area contributed by atoms with Gasteiger partial charge in [-0.1, -0.05) is 118 Å². The number of H-pyrrole nitrogens is 1. The highest BCUT2D eigenvalue weighted by Gasteiger charge is 2.05. The summed E-state index contributed by atoms with van der Waals surface area (Å²) in [5.74, 6) is 4.00. The van der Waals surface area contributed by atoms with Crippen LogP contribution in [-0.4, -0.2) is 20.7 Å². The molecule has 1 aliphatic rings. The predicted molar refractivity (Wildman–Crippen MR) is 179 cm³/mol. The number of benzene rings is 2. The van der Waals surface area contributed by atoms with Crippen LogP contribution in [0.1, 0.15) is 122 Å². The van der Waals surface area contributed by atoms with E-state index in [0.29, 0.717) is 29.6 Å². The molecule has 4 heteroatoms. The molecule has 5 rings (SSSR count). The largest absolute Gasteiger partial charge is 0.342 e. The van der Waals surface area contributed by atoms with Crippen LogP contribution in [0, 0.1) is 5.92 Å². The first-order valence-corrected chi connectivity index (χ1v) is 15.2. The number of nitrogens with zero attached hydrogens (tertiary/aromatic N) is 3. The van der Waals surface area contributed by atoms with Crippen molar-refractivity contribution in [1.82, 2.24) is 15.0 Å². The lowest BCUT2D eigenvalue weighted by molar-refractivity contribution is 0.799. The molecule has 41 heavy (non-hydrogen) atoms. The number of pyridine rings is 1. The highest BCUT2D eigenvalue weighted by atomic mass is 14.9. The van der Waals surface area contributed by atoms with Gasteiger partial charge in [0.05, 0.1) is 11.0 Å². The summed E-state index contributed by atoms with van der Waals surface area (Å²) in [6.07, 6.45) is 6.87. The van der Waals surface area contributed by atoms with Crippen LogP contribution in [0.4, 0.5) is 0 Å². The van der Waals surface area contributed by atoms with Crippen LogP contribution in [0.2, 0.25) is 0 Å². The third-order valence-electron chi connectivity index (χ3n) is 6.84. The molecule has 3 heterocycles. The molecule has 0 amide bonds. The molecule has 2 aromatic heterocycles. The SMILES string of the molecule is CC(C)C1=NC=CC1.CC(C)c1ccc(C(C)C)cc1.CC(C)c1ccccn1.CC(C)c1nc2ccccc2[nH]1. The maximum atomic E-state index is 4.46. The lowest BCUT2D eigenvalue weighted by atomic mass is 9.97. The first-order valence-electron chi connectivity index (χ1n) is 15.2. The second-order valence-electron chi connectivity index (χ2n) is 12.0. The molecule has 1 N–H and O–H groups in total. The maximum absolute atomic E-state index is 4.46. The minimum atomic E-state index is 0.470. The molecule has 0 unspecified atom stereocenters. The molecular weight excluding hydrogens is 500 g/mol. The summed E-state index contributed by atoms with van der Waals surface area (Å²) in [5.41, 5.74) is 7.52. The molecule has 0 radical (unpaired) electrons. The summed E-state index contributed by atoms with van der Waals surface area (Å²) in [4.78, 5) is 16.1. The molecular formula is C37H52N4. The number of nitrogens with one attached hydrogen (secondary N) is 1. The zero-order valence-corrected chi connectivity index (χ0v) is 27.0. The van der Waals surface area contributed by atoms with E-state index in [1.165, 1.54) is 16.8 Å². The normalized spacial score (nSPS) is 12.2. The Hall–Kier alpha value is -3.53. The zero-order valence-electron chi connectivity index (χ0n) is 27.0. The van der Waals surface area contributed by atoms with Gasteiger partial charge in [-0.25, -0.2) is 4.98 Å². The average Bonchev–Trinajstić information content (AvgIpc) is 3.66. The first-order chi connectivity index (χ1) is 19.5. The van der Waals surface area contributed by atoms with Crippen LogP contribution in [0.25, 0.3) is 11.0 Å². The Morgan fingerprint density at radius 1 is 0.610 bits per heavy atom. The fraction of sp³-hybridized carbons (Fsp3) is 0.432. The van der Waals surface area contributed by atoms with Gasteiger partial charge in [-0.05, 0) is 59.1 Å². The van der Waals surface area contributed by atoms with Crippen molar-refractivity contribution in [2.24, 2.45) is 10.9 Å². The van der Waals surface area contributed by atoms with E-state index in [-0.39, 0.29) is 0 Å². The number of allylic oxidation sites excluding steroid dienone is 1. The van der Waals surface area contributed by atoms with Gasteiger partial charge in [0.2, 0.25) is 0 Å². The van der Waals surface area contributed by atoms with Crippen molar-refractivity contribution in [3.8, 4) is 0 Å². The Labute approximate surface area is 249 Å². The number of para-hydroxylation sites is 2. The Bertz CT molecular complexity index is 1260. The van der Waals surface area contributed by atoms with Gasteiger partial charge in [0, 0.05) is 36.1 Å². The number of aromatic nitrogens is 3. The second-order valence-corrected chi connectivity index (χ2v) is 12.0. The van der Waals surface area contributed by atoms with E-state index in [2.05, 4.69) is 120 Å². The molecule has 2 aromatic carbocycles. The van der Waals surface area contributed by atoms with Crippen LogP contribution >= 0.6 is 0 Å². The van der Waals surface area contributed by atoms with Crippen molar-refractivity contribution in [1.29, 1.82) is 0 Å². The van der Waals surface area contributed by atoms with Crippen molar-refractivity contribution < 1.29 is 0 Å². The van der Waals surface area contributed by atoms with Gasteiger partial charge >= 0.3 is 0 Å². The average molecular weight is 553 g/mol. The lowest BCUT2D eigenvalue weighted by Gasteiger charge is -2.08. The Balaban J connectivity index is 0.000000194. The van der Waals surface area contributed by atoms with Crippen molar-refractivity contribution >= 4 is 16.7 Å². The maximum Gasteiger partial charge on any atom is 0.109 e. The van der Waals surface area contributed by atoms with Crippen molar-refractivity contribution in [2.45, 2.75) is 99.3 Å². The minimum absolute atomic E-state index is 0.470. The van der Waals surface area contributed by atoms with Crippen LogP contribution in [-0.2, 0) is 0 Å². The van der Waals surface area contributed by atoms with Crippen LogP contribution in [0.15, 0.2) is 90.2 Å². The third kappa shape index (κ3) is 11.9. The molecule has 0 atom stereocenters. The highest BCUT2D eigenvalue weighted by Crippen LogP contribution is 2.19. The molecule has 0 bridgehead atoms. The number of hydrogen-bond donors (Lipinski definition) is 1. The fourth-order valence-corrected chi connectivity index (χ4v) is 3.99. The number of rotatable bonds is 5. The van der Waals surface area contributed by atoms with Crippen molar-refractivity contribution in [3.63, 3.8) is 0 Å². The molecule has 0 spiro atoms. The van der Waals surface area contributed by atoms with E-state index in [1.807, 2.05) is 54.9 Å². The molecule has 0 fully saturated rings. The van der Waals surface area contributed by atoms with E-state index in [4.69, 9.17) is 0 Å². The van der Waals surface area contributed by atoms with E-state index in [1.54, 1.807) is 0 Å². The summed E-state index contributed by atoms with van der Waals surface area (Å²) < 4.78 is 0. The zero-order chi connectivity index (χ0) is 30.4. The topological polar surface area (TPSA) is 53.9 Å². The predicted octanol–water partition coefficient (Wildman–Crippen LogP) is 10.8. The standard InChI is InChI=1S/C12H18.C10H12N2.C8H11N.C7H11N/c1-9(2)11-5-7-12(8-6-11)10(3)4;1-7(2)10-11-8-5-3-4-6-9(8)12-10;1-7(2)8-5-3-4-6-9-8;1-6(2)7-4-3-5-8-7/h5-10H,1-4H3;3-7H,1-2H3,(H,11,12);3-7H,1-2H3;3,5-6H,4H2,1-2H3. The van der Waals surface area contributed by atoms with Gasteiger partial charge in [-0.2, -0.15) is 0 Å². The number of fused-ring (bicyclic) bond motifs is 1. The van der Waals surface area contributed by atoms with Gasteiger partial charge in [-0.3, -0.25) is 9.98 Å². The molecule has 4 nitrogen and oxygen atoms in total. The Morgan fingerprint density at radius 3 is 1.56 bits per heavy atom. The molecule has 4 aromatic rings. The molecule has 220 valence electrons. The number of aromatic amines is 1. The highest BCUT2D eigenvalue weighted by molar-refractivity contribution is 5.89. The summed E-state index contributed by atoms with van der Waals surface area (Å²) in [7, 11) is 0. The monoisotopic (exact) mass is 552 g/mol. The summed E-state index contributed by atoms with van der Waals surface area (Å²) >= 11 is 0. The first kappa shape index (κ1) is 33.7. The summed E-state index contributed by atoms with van der Waals surface area (Å²) in [6.45, 7) is 21.8. The number of imidazole rings is 1. The third-order valence-corrected chi connectivity index (χ3v) is 6.84. The second kappa shape index (κ2) is 17.3. The fourth-order valence-electron chi connectivity index (χ4n) is 3.99. The van der Waals surface area contributed by atoms with Gasteiger partial charge in [-0.15, -0.1) is 0 Å². The molecule has 0 aliphatic carbocycles. The van der Waals surface area contributed by atoms with Crippen molar-refractivity contribution in [2.75, 3.05) is 0 Å². The van der Waals surface area contributed by atoms with Crippen LogP contribution < -0.4 is 0 Å². The number of hydrogen-bond acceptors (Lipinski definition) is 3. The molecule has 0 saturated heterocycles. The van der Waals surface area contributed by atoms with Gasteiger partial charge in [0.1, 0.15) is 5.82 Å². The van der Waals surface area contributed by atoms with Gasteiger partial charge < -0.3 is 4.98 Å². The summed E-state index contributed by atoms with van der Waals surface area (Å²) in [5, 5.41) is 0. The lowest BCUT2D eigenvalue weighted by Crippen LogP contribution is -2.02.